The van der Waals surface area contributed by atoms with Crippen molar-refractivity contribution in [2.24, 2.45) is 0 Å². The number of aromatic nitrogens is 3. The Kier molecular flexibility index (Phi) is 6.74. The molecular weight excluding hydrogens is 264 g/mol. The lowest BCUT2D eigenvalue weighted by Gasteiger charge is -2.03. The molecule has 0 amide bonds. The Balaban J connectivity index is 1.63. The number of para-hydroxylation sites is 1. The van der Waals surface area contributed by atoms with E-state index in [2.05, 4.69) is 22.3 Å². The maximum absolute atomic E-state index is 5.58. The Morgan fingerprint density at radius 3 is 2.71 bits per heavy atom. The van der Waals surface area contributed by atoms with Crippen LogP contribution in [0.4, 0.5) is 0 Å². The summed E-state index contributed by atoms with van der Waals surface area (Å²) in [6, 6.07) is 10.4. The van der Waals surface area contributed by atoms with Gasteiger partial charge in [0.2, 0.25) is 0 Å². The molecular formula is C16H24N4O. The molecule has 0 fully saturated rings. The first-order chi connectivity index (χ1) is 10.4. The molecule has 0 aliphatic heterocycles. The van der Waals surface area contributed by atoms with E-state index >= 15 is 0 Å². The predicted octanol–water partition coefficient (Wildman–Crippen LogP) is 2.82. The summed E-state index contributed by atoms with van der Waals surface area (Å²) in [5, 5.41) is 7.64. The highest BCUT2D eigenvalue weighted by Crippen LogP contribution is 2.09. The quantitative estimate of drug-likeness (QED) is 0.683. The van der Waals surface area contributed by atoms with Gasteiger partial charge in [-0.15, -0.1) is 5.10 Å². The lowest BCUT2D eigenvalue weighted by molar-refractivity contribution is 0.281. The van der Waals surface area contributed by atoms with E-state index < -0.39 is 0 Å². The first-order valence-electron chi connectivity index (χ1n) is 7.70. The molecule has 0 unspecified atom stereocenters. The summed E-state index contributed by atoms with van der Waals surface area (Å²) < 4.78 is 7.31. The third-order valence-electron chi connectivity index (χ3n) is 3.22. The van der Waals surface area contributed by atoms with Crippen LogP contribution in [0, 0.1) is 0 Å². The van der Waals surface area contributed by atoms with Crippen molar-refractivity contribution in [2.75, 3.05) is 19.7 Å². The van der Waals surface area contributed by atoms with Crippen LogP contribution in [0.1, 0.15) is 32.6 Å². The van der Waals surface area contributed by atoms with Crippen LogP contribution < -0.4 is 10.1 Å². The van der Waals surface area contributed by atoms with Crippen LogP contribution in [-0.2, 0) is 0 Å². The summed E-state index contributed by atoms with van der Waals surface area (Å²) in [6.45, 7) is 4.98. The molecule has 0 bridgehead atoms. The van der Waals surface area contributed by atoms with Gasteiger partial charge >= 0.3 is 6.01 Å². The lowest BCUT2D eigenvalue weighted by Crippen LogP contribution is -2.13. The standard InChI is InChI=1S/C16H24N4O/c1-2-17-12-8-3-4-9-13-21-16-18-14-20(19-16)15-10-6-5-7-11-15/h5-7,10-11,14,17H,2-4,8-9,12-13H2,1H3. The molecule has 1 heterocycles. The van der Waals surface area contributed by atoms with Crippen molar-refractivity contribution in [2.45, 2.75) is 32.6 Å². The highest BCUT2D eigenvalue weighted by molar-refractivity contribution is 5.29. The number of rotatable bonds is 10. The average molecular weight is 288 g/mol. The van der Waals surface area contributed by atoms with E-state index in [9.17, 15) is 0 Å². The minimum atomic E-state index is 0.450. The van der Waals surface area contributed by atoms with E-state index in [1.807, 2.05) is 30.3 Å². The summed E-state index contributed by atoms with van der Waals surface area (Å²) >= 11 is 0. The number of nitrogens with one attached hydrogen (secondary N) is 1. The van der Waals surface area contributed by atoms with E-state index in [4.69, 9.17) is 4.74 Å². The van der Waals surface area contributed by atoms with Gasteiger partial charge in [0.1, 0.15) is 6.33 Å². The zero-order valence-electron chi connectivity index (χ0n) is 12.7. The Hall–Kier alpha value is -1.88. The van der Waals surface area contributed by atoms with Crippen molar-refractivity contribution in [3.05, 3.63) is 36.7 Å². The normalized spacial score (nSPS) is 10.7. The molecule has 5 nitrogen and oxygen atoms in total. The summed E-state index contributed by atoms with van der Waals surface area (Å²) in [4.78, 5) is 4.17. The second-order valence-electron chi connectivity index (χ2n) is 4.92. The van der Waals surface area contributed by atoms with E-state index in [-0.39, 0.29) is 0 Å². The van der Waals surface area contributed by atoms with E-state index in [0.717, 1.165) is 25.2 Å². The molecule has 1 aromatic carbocycles. The van der Waals surface area contributed by atoms with Gasteiger partial charge in [0.25, 0.3) is 0 Å². The van der Waals surface area contributed by atoms with Crippen LogP contribution >= 0.6 is 0 Å². The van der Waals surface area contributed by atoms with Gasteiger partial charge in [-0.05, 0) is 38.1 Å². The molecule has 5 heteroatoms. The smallest absolute Gasteiger partial charge is 0.335 e. The fourth-order valence-corrected chi connectivity index (χ4v) is 2.06. The summed E-state index contributed by atoms with van der Waals surface area (Å²) in [5.41, 5.74) is 0.989. The first-order valence-corrected chi connectivity index (χ1v) is 7.70. The van der Waals surface area contributed by atoms with Crippen molar-refractivity contribution in [1.82, 2.24) is 20.1 Å². The number of ether oxygens (including phenoxy) is 1. The largest absolute Gasteiger partial charge is 0.462 e. The molecule has 0 spiro atoms. The fourth-order valence-electron chi connectivity index (χ4n) is 2.06. The Bertz CT molecular complexity index is 498. The van der Waals surface area contributed by atoms with Crippen LogP contribution in [0.5, 0.6) is 6.01 Å². The molecule has 0 aliphatic carbocycles. The molecule has 114 valence electrons. The molecule has 0 aliphatic rings. The van der Waals surface area contributed by atoms with Gasteiger partial charge in [-0.25, -0.2) is 4.68 Å². The molecule has 1 N–H and O–H groups in total. The van der Waals surface area contributed by atoms with Crippen LogP contribution in [0.25, 0.3) is 5.69 Å². The number of hydrogen-bond acceptors (Lipinski definition) is 4. The second-order valence-corrected chi connectivity index (χ2v) is 4.92. The number of unbranched alkanes of at least 4 members (excludes halogenated alkanes) is 3. The predicted molar refractivity (Wildman–Crippen MR) is 83.9 cm³/mol. The van der Waals surface area contributed by atoms with Gasteiger partial charge in [0.15, 0.2) is 0 Å². The van der Waals surface area contributed by atoms with Crippen LogP contribution in [0.15, 0.2) is 36.7 Å². The number of benzene rings is 1. The minimum absolute atomic E-state index is 0.450. The van der Waals surface area contributed by atoms with E-state index in [0.29, 0.717) is 12.6 Å². The van der Waals surface area contributed by atoms with Gasteiger partial charge in [-0.3, -0.25) is 0 Å². The molecule has 1 aromatic heterocycles. The van der Waals surface area contributed by atoms with Gasteiger partial charge < -0.3 is 10.1 Å². The molecule has 2 rings (SSSR count). The third kappa shape index (κ3) is 5.55. The van der Waals surface area contributed by atoms with Gasteiger partial charge in [-0.1, -0.05) is 38.0 Å². The van der Waals surface area contributed by atoms with Crippen LogP contribution in [0.2, 0.25) is 0 Å². The van der Waals surface area contributed by atoms with Gasteiger partial charge in [0, 0.05) is 0 Å². The molecule has 0 atom stereocenters. The third-order valence-corrected chi connectivity index (χ3v) is 3.22. The average Bonchev–Trinajstić information content (AvgIpc) is 3.00. The maximum Gasteiger partial charge on any atom is 0.335 e. The topological polar surface area (TPSA) is 52.0 Å². The summed E-state index contributed by atoms with van der Waals surface area (Å²) in [5.74, 6) is 0. The second kappa shape index (κ2) is 9.13. The maximum atomic E-state index is 5.58. The van der Waals surface area contributed by atoms with Crippen molar-refractivity contribution < 1.29 is 4.74 Å². The number of hydrogen-bond donors (Lipinski definition) is 1. The van der Waals surface area contributed by atoms with Crippen molar-refractivity contribution in [3.8, 4) is 11.7 Å². The molecule has 21 heavy (non-hydrogen) atoms. The molecule has 0 radical (unpaired) electrons. The SMILES string of the molecule is CCNCCCCCCOc1ncn(-c2ccccc2)n1. The number of nitrogens with zero attached hydrogens (tertiary/aromatic N) is 3. The fraction of sp³-hybridized carbons (Fsp3) is 0.500. The Morgan fingerprint density at radius 2 is 1.90 bits per heavy atom. The summed E-state index contributed by atoms with van der Waals surface area (Å²) in [6.07, 6.45) is 6.38. The molecule has 0 saturated heterocycles. The zero-order valence-corrected chi connectivity index (χ0v) is 12.7. The highest BCUT2D eigenvalue weighted by atomic mass is 16.5. The van der Waals surface area contributed by atoms with E-state index in [1.54, 1.807) is 11.0 Å². The Morgan fingerprint density at radius 1 is 1.10 bits per heavy atom. The van der Waals surface area contributed by atoms with Crippen molar-refractivity contribution in [1.29, 1.82) is 0 Å². The van der Waals surface area contributed by atoms with Crippen molar-refractivity contribution in [3.63, 3.8) is 0 Å². The molecule has 0 saturated carbocycles. The monoisotopic (exact) mass is 288 g/mol. The van der Waals surface area contributed by atoms with Gasteiger partial charge in [-0.2, -0.15) is 4.98 Å². The zero-order chi connectivity index (χ0) is 14.8. The molecule has 2 aromatic rings. The Labute approximate surface area is 126 Å². The van der Waals surface area contributed by atoms with Crippen LogP contribution in [-0.4, -0.2) is 34.5 Å². The first kappa shape index (κ1) is 15.5. The minimum Gasteiger partial charge on any atom is -0.462 e. The highest BCUT2D eigenvalue weighted by Gasteiger charge is 2.02. The van der Waals surface area contributed by atoms with E-state index in [1.165, 1.54) is 19.3 Å². The summed E-state index contributed by atoms with van der Waals surface area (Å²) in [7, 11) is 0. The van der Waals surface area contributed by atoms with Gasteiger partial charge in [0.05, 0.1) is 12.3 Å². The van der Waals surface area contributed by atoms with Crippen LogP contribution in [0.3, 0.4) is 0 Å². The van der Waals surface area contributed by atoms with Crippen molar-refractivity contribution >= 4 is 0 Å². The lowest BCUT2D eigenvalue weighted by atomic mass is 10.2.